The molecule has 0 fully saturated rings. The minimum atomic E-state index is -1.07. The maximum Gasteiger partial charge on any atom is 0.180 e. The van der Waals surface area contributed by atoms with Crippen molar-refractivity contribution < 1.29 is 4.39 Å². The van der Waals surface area contributed by atoms with E-state index >= 15 is 0 Å². The number of fused-ring (bicyclic) bond motifs is 1. The fourth-order valence-corrected chi connectivity index (χ4v) is 1.63. The second kappa shape index (κ2) is 3.46. The van der Waals surface area contributed by atoms with Crippen LogP contribution in [0.2, 0.25) is 0 Å². The van der Waals surface area contributed by atoms with Crippen molar-refractivity contribution in [3.63, 3.8) is 0 Å². The van der Waals surface area contributed by atoms with E-state index in [-0.39, 0.29) is 0 Å². The van der Waals surface area contributed by atoms with Crippen LogP contribution in [0.1, 0.15) is 10.6 Å². The van der Waals surface area contributed by atoms with Crippen molar-refractivity contribution in [2.24, 2.45) is 0 Å². The first kappa shape index (κ1) is 8.70. The van der Waals surface area contributed by atoms with Gasteiger partial charge in [-0.1, -0.05) is 36.4 Å². The highest BCUT2D eigenvalue weighted by Gasteiger charge is 2.04. The fourth-order valence-electron chi connectivity index (χ4n) is 1.34. The van der Waals surface area contributed by atoms with Gasteiger partial charge in [-0.3, -0.25) is 0 Å². The van der Waals surface area contributed by atoms with E-state index < -0.39 is 5.08 Å². The van der Waals surface area contributed by atoms with Crippen molar-refractivity contribution in [2.45, 2.75) is 5.08 Å². The second-order valence-corrected chi connectivity index (χ2v) is 3.71. The Morgan fingerprint density at radius 2 is 1.69 bits per heavy atom. The van der Waals surface area contributed by atoms with E-state index in [1.165, 1.54) is 0 Å². The summed E-state index contributed by atoms with van der Waals surface area (Å²) in [5.74, 6) is 0. The molecule has 0 saturated heterocycles. The van der Waals surface area contributed by atoms with Crippen molar-refractivity contribution in [2.75, 3.05) is 0 Å². The summed E-state index contributed by atoms with van der Waals surface area (Å²) in [4.78, 5) is 0. The Kier molecular flexibility index (Phi) is 2.32. The molecular formula is C11H8BrF. The van der Waals surface area contributed by atoms with Crippen molar-refractivity contribution in [3.8, 4) is 0 Å². The van der Waals surface area contributed by atoms with Gasteiger partial charge in [-0.15, -0.1) is 0 Å². The molecule has 2 rings (SSSR count). The summed E-state index contributed by atoms with van der Waals surface area (Å²) in [7, 11) is 0. The maximum atomic E-state index is 12.9. The van der Waals surface area contributed by atoms with Crippen molar-refractivity contribution in [1.29, 1.82) is 0 Å². The Morgan fingerprint density at radius 3 is 2.38 bits per heavy atom. The van der Waals surface area contributed by atoms with E-state index in [1.54, 1.807) is 6.07 Å². The molecule has 66 valence electrons. The van der Waals surface area contributed by atoms with Gasteiger partial charge in [0.05, 0.1) is 0 Å². The number of hydrogen-bond acceptors (Lipinski definition) is 0. The lowest BCUT2D eigenvalue weighted by Crippen LogP contribution is -1.81. The third-order valence-electron chi connectivity index (χ3n) is 2.03. The molecule has 1 atom stereocenters. The largest absolute Gasteiger partial charge is 0.230 e. The maximum absolute atomic E-state index is 12.9. The quantitative estimate of drug-likeness (QED) is 0.654. The molecule has 2 aromatic rings. The molecule has 2 heteroatoms. The van der Waals surface area contributed by atoms with Gasteiger partial charge in [0.1, 0.15) is 0 Å². The third-order valence-corrected chi connectivity index (χ3v) is 2.55. The number of alkyl halides is 2. The predicted octanol–water partition coefficient (Wildman–Crippen LogP) is 4.20. The van der Waals surface area contributed by atoms with Crippen molar-refractivity contribution in [3.05, 3.63) is 48.0 Å². The molecule has 0 nitrogen and oxygen atoms in total. The van der Waals surface area contributed by atoms with E-state index in [0.717, 1.165) is 10.8 Å². The summed E-state index contributed by atoms with van der Waals surface area (Å²) in [5.41, 5.74) is 0.665. The molecule has 13 heavy (non-hydrogen) atoms. The Morgan fingerprint density at radius 1 is 1.00 bits per heavy atom. The Bertz CT molecular complexity index is 423. The topological polar surface area (TPSA) is 0 Å². The summed E-state index contributed by atoms with van der Waals surface area (Å²) in [6.07, 6.45) is 0. The second-order valence-electron chi connectivity index (χ2n) is 2.91. The van der Waals surface area contributed by atoms with Gasteiger partial charge in [0, 0.05) is 0 Å². The predicted molar refractivity (Wildman–Crippen MR) is 56.7 cm³/mol. The standard InChI is InChI=1S/C11H8BrF/c12-11(13)10-6-5-8-3-1-2-4-9(8)7-10/h1-7,11H/t11-/m1/s1. The third kappa shape index (κ3) is 1.73. The number of hydrogen-bond donors (Lipinski definition) is 0. The monoisotopic (exact) mass is 238 g/mol. The first-order chi connectivity index (χ1) is 6.27. The van der Waals surface area contributed by atoms with E-state index in [0.29, 0.717) is 5.56 Å². The average molecular weight is 239 g/mol. The summed E-state index contributed by atoms with van der Waals surface area (Å²) in [6.45, 7) is 0. The molecule has 0 spiro atoms. The van der Waals surface area contributed by atoms with Gasteiger partial charge in [0.15, 0.2) is 5.08 Å². The average Bonchev–Trinajstić information content (AvgIpc) is 2.17. The Balaban J connectivity index is 2.62. The lowest BCUT2D eigenvalue weighted by Gasteiger charge is -2.02. The number of rotatable bonds is 1. The molecule has 0 heterocycles. The zero-order valence-corrected chi connectivity index (χ0v) is 8.46. The van der Waals surface area contributed by atoms with Gasteiger partial charge in [-0.05, 0) is 38.3 Å². The molecule has 0 aliphatic rings. The molecule has 0 aliphatic carbocycles. The van der Waals surface area contributed by atoms with E-state index in [2.05, 4.69) is 15.9 Å². The lowest BCUT2D eigenvalue weighted by atomic mass is 10.1. The molecule has 0 aliphatic heterocycles. The van der Waals surface area contributed by atoms with Gasteiger partial charge in [-0.2, -0.15) is 0 Å². The highest BCUT2D eigenvalue weighted by atomic mass is 79.9. The molecular weight excluding hydrogens is 231 g/mol. The Labute approximate surface area is 84.5 Å². The van der Waals surface area contributed by atoms with Gasteiger partial charge in [-0.25, -0.2) is 4.39 Å². The summed E-state index contributed by atoms with van der Waals surface area (Å²) in [5, 5.41) is 1.14. The zero-order chi connectivity index (χ0) is 9.26. The Hall–Kier alpha value is -0.890. The van der Waals surface area contributed by atoms with Gasteiger partial charge in [0.2, 0.25) is 0 Å². The van der Waals surface area contributed by atoms with Crippen LogP contribution in [0, 0.1) is 0 Å². The molecule has 0 N–H and O–H groups in total. The summed E-state index contributed by atoms with van der Waals surface area (Å²) < 4.78 is 12.9. The van der Waals surface area contributed by atoms with Crippen LogP contribution in [0.4, 0.5) is 4.39 Å². The number of benzene rings is 2. The van der Waals surface area contributed by atoms with E-state index in [9.17, 15) is 4.39 Å². The fraction of sp³-hybridized carbons (Fsp3) is 0.0909. The van der Waals surface area contributed by atoms with Crippen LogP contribution >= 0.6 is 15.9 Å². The van der Waals surface area contributed by atoms with Crippen molar-refractivity contribution in [1.82, 2.24) is 0 Å². The first-order valence-electron chi connectivity index (χ1n) is 4.04. The minimum Gasteiger partial charge on any atom is -0.230 e. The van der Waals surface area contributed by atoms with Crippen LogP contribution in [0.15, 0.2) is 42.5 Å². The van der Waals surface area contributed by atoms with Crippen LogP contribution in [0.3, 0.4) is 0 Å². The molecule has 2 aromatic carbocycles. The van der Waals surface area contributed by atoms with E-state index in [4.69, 9.17) is 0 Å². The first-order valence-corrected chi connectivity index (χ1v) is 4.96. The minimum absolute atomic E-state index is 0.665. The summed E-state index contributed by atoms with van der Waals surface area (Å²) in [6, 6.07) is 13.5. The smallest absolute Gasteiger partial charge is 0.180 e. The zero-order valence-electron chi connectivity index (χ0n) is 6.87. The van der Waals surface area contributed by atoms with Crippen LogP contribution in [-0.2, 0) is 0 Å². The molecule has 0 aromatic heterocycles. The van der Waals surface area contributed by atoms with Gasteiger partial charge >= 0.3 is 0 Å². The molecule has 0 radical (unpaired) electrons. The van der Waals surface area contributed by atoms with Crippen LogP contribution in [0.25, 0.3) is 10.8 Å². The van der Waals surface area contributed by atoms with Gasteiger partial charge in [0.25, 0.3) is 0 Å². The number of halogens is 2. The SMILES string of the molecule is F[C@@H](Br)c1ccc2ccccc2c1. The van der Waals surface area contributed by atoms with E-state index in [1.807, 2.05) is 36.4 Å². The van der Waals surface area contributed by atoms with Crippen molar-refractivity contribution >= 4 is 26.7 Å². The van der Waals surface area contributed by atoms with Gasteiger partial charge < -0.3 is 0 Å². The molecule has 0 unspecified atom stereocenters. The molecule has 0 saturated carbocycles. The molecule has 0 amide bonds. The highest BCUT2D eigenvalue weighted by molar-refractivity contribution is 9.09. The molecule has 0 bridgehead atoms. The highest BCUT2D eigenvalue weighted by Crippen LogP contribution is 2.26. The summed E-state index contributed by atoms with van der Waals surface area (Å²) >= 11 is 2.90. The lowest BCUT2D eigenvalue weighted by molar-refractivity contribution is 0.479. The van der Waals surface area contributed by atoms with Crippen LogP contribution < -0.4 is 0 Å². The van der Waals surface area contributed by atoms with Crippen LogP contribution in [0.5, 0.6) is 0 Å². The normalized spacial score (nSPS) is 13.1. The van der Waals surface area contributed by atoms with Crippen LogP contribution in [-0.4, -0.2) is 0 Å².